The van der Waals surface area contributed by atoms with E-state index in [9.17, 15) is 18.0 Å². The third kappa shape index (κ3) is 9.28. The van der Waals surface area contributed by atoms with Crippen LogP contribution < -0.4 is 14.4 Å². The van der Waals surface area contributed by atoms with Crippen LogP contribution in [0.4, 0.5) is 5.69 Å². The number of hydrogen-bond donors (Lipinski definition) is 1. The van der Waals surface area contributed by atoms with Gasteiger partial charge in [0.1, 0.15) is 18.3 Å². The van der Waals surface area contributed by atoms with Gasteiger partial charge in [-0.25, -0.2) is 8.42 Å². The zero-order chi connectivity index (χ0) is 34.4. The minimum absolute atomic E-state index is 0.00715. The smallest absolute Gasteiger partial charge is 0.264 e. The maximum absolute atomic E-state index is 14.6. The molecule has 4 aromatic rings. The first-order chi connectivity index (χ1) is 22.2. The predicted molar refractivity (Wildman–Crippen MR) is 188 cm³/mol. The standard InChI is InChI=1S/C36H39Cl2N3O5S/c1-25-17-19-29(20-18-25)47(44,45)41(31-16-10-15-30(37)34(31)38)24-33(42)40(23-27-13-9-14-28(21-27)46-5)32(35(43)39-36(2,3)4)22-26-11-7-6-8-12-26/h6-21,32H,22-24H2,1-5H3,(H,39,43)/t32-/m1/s1. The SMILES string of the molecule is COc1cccc(CN(C(=O)CN(c2cccc(Cl)c2Cl)S(=O)(=O)c2ccc(C)cc2)[C@H](Cc2ccccc2)C(=O)NC(C)(C)C)c1. The summed E-state index contributed by atoms with van der Waals surface area (Å²) in [6.07, 6.45) is 0.182. The van der Waals surface area contributed by atoms with Gasteiger partial charge in [-0.1, -0.05) is 89.4 Å². The fourth-order valence-corrected chi connectivity index (χ4v) is 6.88. The Hall–Kier alpha value is -4.05. The predicted octanol–water partition coefficient (Wildman–Crippen LogP) is 7.06. The molecule has 0 bridgehead atoms. The third-order valence-electron chi connectivity index (χ3n) is 7.34. The van der Waals surface area contributed by atoms with Crippen molar-refractivity contribution in [3.63, 3.8) is 0 Å². The number of amides is 2. The summed E-state index contributed by atoms with van der Waals surface area (Å²) in [7, 11) is -2.79. The van der Waals surface area contributed by atoms with Crippen molar-refractivity contribution in [1.29, 1.82) is 0 Å². The van der Waals surface area contributed by atoms with Gasteiger partial charge < -0.3 is 15.0 Å². The lowest BCUT2D eigenvalue weighted by Gasteiger charge is -2.35. The second-order valence-corrected chi connectivity index (χ2v) is 14.9. The van der Waals surface area contributed by atoms with E-state index < -0.39 is 34.1 Å². The fraction of sp³-hybridized carbons (Fsp3) is 0.278. The van der Waals surface area contributed by atoms with Gasteiger partial charge in [-0.15, -0.1) is 0 Å². The molecule has 47 heavy (non-hydrogen) atoms. The van der Waals surface area contributed by atoms with Crippen molar-refractivity contribution in [2.45, 2.75) is 57.1 Å². The van der Waals surface area contributed by atoms with Crippen LogP contribution >= 0.6 is 23.2 Å². The number of aryl methyl sites for hydroxylation is 1. The van der Waals surface area contributed by atoms with Crippen LogP contribution in [-0.4, -0.2) is 50.4 Å². The Morgan fingerprint density at radius 2 is 1.51 bits per heavy atom. The van der Waals surface area contributed by atoms with Crippen molar-refractivity contribution >= 4 is 50.7 Å². The molecule has 0 heterocycles. The van der Waals surface area contributed by atoms with Gasteiger partial charge in [-0.2, -0.15) is 0 Å². The molecule has 0 spiro atoms. The molecule has 1 atom stereocenters. The van der Waals surface area contributed by atoms with Gasteiger partial charge >= 0.3 is 0 Å². The number of anilines is 1. The Morgan fingerprint density at radius 3 is 2.15 bits per heavy atom. The summed E-state index contributed by atoms with van der Waals surface area (Å²) in [4.78, 5) is 30.1. The number of carbonyl (C=O) groups excluding carboxylic acids is 2. The number of sulfonamides is 1. The van der Waals surface area contributed by atoms with E-state index in [1.165, 1.54) is 29.2 Å². The highest BCUT2D eigenvalue weighted by Gasteiger charge is 2.36. The number of hydrogen-bond acceptors (Lipinski definition) is 5. The van der Waals surface area contributed by atoms with Gasteiger partial charge in [0.25, 0.3) is 10.0 Å². The van der Waals surface area contributed by atoms with E-state index in [4.69, 9.17) is 27.9 Å². The third-order valence-corrected chi connectivity index (χ3v) is 9.93. The number of halogens is 2. The maximum atomic E-state index is 14.6. The molecule has 0 aliphatic rings. The number of benzene rings is 4. The molecule has 0 saturated heterocycles. The quantitative estimate of drug-likeness (QED) is 0.171. The Bertz CT molecular complexity index is 1810. The second-order valence-electron chi connectivity index (χ2n) is 12.2. The molecule has 0 aliphatic carbocycles. The molecule has 0 saturated carbocycles. The molecule has 0 aliphatic heterocycles. The van der Waals surface area contributed by atoms with E-state index >= 15 is 0 Å². The van der Waals surface area contributed by atoms with Gasteiger partial charge in [0.05, 0.1) is 27.7 Å². The highest BCUT2D eigenvalue weighted by Crippen LogP contribution is 2.36. The molecule has 11 heteroatoms. The van der Waals surface area contributed by atoms with Crippen LogP contribution in [0, 0.1) is 6.92 Å². The van der Waals surface area contributed by atoms with Crippen molar-refractivity contribution in [1.82, 2.24) is 10.2 Å². The monoisotopic (exact) mass is 695 g/mol. The molecule has 0 fully saturated rings. The fourth-order valence-electron chi connectivity index (χ4n) is 5.01. The maximum Gasteiger partial charge on any atom is 0.264 e. The summed E-state index contributed by atoms with van der Waals surface area (Å²) in [6, 6.07) is 26.4. The lowest BCUT2D eigenvalue weighted by Crippen LogP contribution is -2.56. The number of ether oxygens (including phenoxy) is 1. The van der Waals surface area contributed by atoms with Gasteiger partial charge in [-0.3, -0.25) is 13.9 Å². The van der Waals surface area contributed by atoms with E-state index in [0.29, 0.717) is 11.3 Å². The molecule has 0 unspecified atom stereocenters. The Balaban J connectivity index is 1.86. The molecule has 8 nitrogen and oxygen atoms in total. The molecule has 2 amide bonds. The molecular weight excluding hydrogens is 657 g/mol. The van der Waals surface area contributed by atoms with Crippen molar-refractivity contribution < 1.29 is 22.7 Å². The average molecular weight is 697 g/mol. The topological polar surface area (TPSA) is 96.0 Å². The van der Waals surface area contributed by atoms with E-state index in [-0.39, 0.29) is 39.5 Å². The first kappa shape index (κ1) is 35.8. The summed E-state index contributed by atoms with van der Waals surface area (Å²) in [5.74, 6) is -0.432. The second kappa shape index (κ2) is 15.2. The van der Waals surface area contributed by atoms with Crippen LogP contribution in [0.5, 0.6) is 5.75 Å². The van der Waals surface area contributed by atoms with E-state index in [1.807, 2.05) is 64.1 Å². The van der Waals surface area contributed by atoms with Gasteiger partial charge in [0.2, 0.25) is 11.8 Å². The summed E-state index contributed by atoms with van der Waals surface area (Å²) in [6.45, 7) is 6.75. The van der Waals surface area contributed by atoms with Crippen LogP contribution in [0.3, 0.4) is 0 Å². The molecule has 248 valence electrons. The highest BCUT2D eigenvalue weighted by atomic mass is 35.5. The van der Waals surface area contributed by atoms with Gasteiger partial charge in [0, 0.05) is 18.5 Å². The summed E-state index contributed by atoms with van der Waals surface area (Å²) in [5.41, 5.74) is 1.81. The van der Waals surface area contributed by atoms with Gasteiger partial charge in [-0.05, 0) is 75.2 Å². The van der Waals surface area contributed by atoms with Crippen LogP contribution in [0.15, 0.2) is 102 Å². The van der Waals surface area contributed by atoms with Crippen LogP contribution in [0.25, 0.3) is 0 Å². The summed E-state index contributed by atoms with van der Waals surface area (Å²) < 4.78 is 34.9. The number of rotatable bonds is 12. The number of nitrogens with zero attached hydrogens (tertiary/aromatic N) is 2. The molecule has 0 aromatic heterocycles. The number of methoxy groups -OCH3 is 1. The zero-order valence-corrected chi connectivity index (χ0v) is 29.4. The lowest BCUT2D eigenvalue weighted by molar-refractivity contribution is -0.140. The molecule has 4 aromatic carbocycles. The van der Waals surface area contributed by atoms with Crippen molar-refractivity contribution in [3.8, 4) is 5.75 Å². The molecule has 4 rings (SSSR count). The first-order valence-electron chi connectivity index (χ1n) is 15.0. The molecule has 1 N–H and O–H groups in total. The van der Waals surface area contributed by atoms with Crippen LogP contribution in [0.1, 0.15) is 37.5 Å². The highest BCUT2D eigenvalue weighted by molar-refractivity contribution is 7.92. The van der Waals surface area contributed by atoms with Crippen LogP contribution in [0.2, 0.25) is 10.0 Å². The molecular formula is C36H39Cl2N3O5S. The lowest BCUT2D eigenvalue weighted by atomic mass is 10.0. The Kier molecular flexibility index (Phi) is 11.6. The van der Waals surface area contributed by atoms with E-state index in [0.717, 1.165) is 15.4 Å². The summed E-state index contributed by atoms with van der Waals surface area (Å²) >= 11 is 12.9. The largest absolute Gasteiger partial charge is 0.497 e. The Labute approximate surface area is 287 Å². The van der Waals surface area contributed by atoms with Crippen molar-refractivity contribution in [3.05, 3.63) is 124 Å². The summed E-state index contributed by atoms with van der Waals surface area (Å²) in [5, 5.41) is 3.12. The number of carbonyl (C=O) groups is 2. The minimum Gasteiger partial charge on any atom is -0.497 e. The van der Waals surface area contributed by atoms with Gasteiger partial charge in [0.15, 0.2) is 0 Å². The zero-order valence-electron chi connectivity index (χ0n) is 27.0. The first-order valence-corrected chi connectivity index (χ1v) is 17.2. The Morgan fingerprint density at radius 1 is 0.872 bits per heavy atom. The average Bonchev–Trinajstić information content (AvgIpc) is 3.03. The number of nitrogens with one attached hydrogen (secondary N) is 1. The van der Waals surface area contributed by atoms with Crippen molar-refractivity contribution in [2.24, 2.45) is 0 Å². The minimum atomic E-state index is -4.33. The van der Waals surface area contributed by atoms with E-state index in [2.05, 4.69) is 5.32 Å². The van der Waals surface area contributed by atoms with Crippen LogP contribution in [-0.2, 0) is 32.6 Å². The van der Waals surface area contributed by atoms with E-state index in [1.54, 1.807) is 43.5 Å². The van der Waals surface area contributed by atoms with Crippen molar-refractivity contribution in [2.75, 3.05) is 18.0 Å². The normalized spacial score (nSPS) is 12.2. The molecule has 0 radical (unpaired) electrons.